The number of ether oxygens (including phenoxy) is 1. The fourth-order valence-corrected chi connectivity index (χ4v) is 2.90. The molecule has 0 aliphatic carbocycles. The number of anilines is 1. The normalized spacial score (nSPS) is 13.4. The van der Waals surface area contributed by atoms with Gasteiger partial charge in [-0.1, -0.05) is 6.07 Å². The predicted molar refractivity (Wildman–Crippen MR) is 73.3 cm³/mol. The van der Waals surface area contributed by atoms with Crippen molar-refractivity contribution in [1.82, 2.24) is 4.72 Å². The molecule has 0 saturated heterocycles. The summed E-state index contributed by atoms with van der Waals surface area (Å²) in [5.74, 6) is 0. The molecule has 0 fully saturated rings. The molecule has 0 saturated carbocycles. The second kappa shape index (κ2) is 6.85. The first-order valence-corrected chi connectivity index (χ1v) is 7.37. The van der Waals surface area contributed by atoms with Crippen molar-refractivity contribution in [3.05, 3.63) is 23.8 Å². The van der Waals surface area contributed by atoms with E-state index in [1.165, 1.54) is 19.2 Å². The highest BCUT2D eigenvalue weighted by Gasteiger charge is 2.20. The number of hydrogen-bond donors (Lipinski definition) is 3. The second-order valence-electron chi connectivity index (χ2n) is 4.30. The van der Waals surface area contributed by atoms with Crippen LogP contribution in [0.4, 0.5) is 5.69 Å². The summed E-state index contributed by atoms with van der Waals surface area (Å²) in [6, 6.07) is 4.10. The first kappa shape index (κ1) is 15.9. The molecule has 1 unspecified atom stereocenters. The van der Waals surface area contributed by atoms with Gasteiger partial charge in [-0.15, -0.1) is 0 Å². The van der Waals surface area contributed by atoms with E-state index in [2.05, 4.69) is 4.72 Å². The zero-order valence-electron chi connectivity index (χ0n) is 11.1. The van der Waals surface area contributed by atoms with Crippen LogP contribution in [0.1, 0.15) is 12.0 Å². The van der Waals surface area contributed by atoms with Gasteiger partial charge in [-0.25, -0.2) is 13.1 Å². The van der Waals surface area contributed by atoms with Gasteiger partial charge in [-0.2, -0.15) is 0 Å². The number of aliphatic hydroxyl groups is 1. The molecule has 0 radical (unpaired) electrons. The van der Waals surface area contributed by atoms with E-state index in [-0.39, 0.29) is 24.5 Å². The van der Waals surface area contributed by atoms with Gasteiger partial charge in [0.2, 0.25) is 10.0 Å². The van der Waals surface area contributed by atoms with Gasteiger partial charge in [0.1, 0.15) is 0 Å². The number of nitrogens with two attached hydrogens (primary N) is 1. The highest BCUT2D eigenvalue weighted by molar-refractivity contribution is 7.89. The topological polar surface area (TPSA) is 102 Å². The number of nitrogen functional groups attached to an aromatic ring is 1. The highest BCUT2D eigenvalue weighted by atomic mass is 32.2. The Kier molecular flexibility index (Phi) is 5.74. The predicted octanol–water partition coefficient (Wildman–Crippen LogP) is 0.253. The van der Waals surface area contributed by atoms with Crippen LogP contribution in [0.3, 0.4) is 0 Å². The van der Waals surface area contributed by atoms with Crippen molar-refractivity contribution in [1.29, 1.82) is 0 Å². The van der Waals surface area contributed by atoms with E-state index < -0.39 is 16.1 Å². The lowest BCUT2D eigenvalue weighted by atomic mass is 10.2. The third kappa shape index (κ3) is 4.46. The minimum Gasteiger partial charge on any atom is -0.398 e. The summed E-state index contributed by atoms with van der Waals surface area (Å²) in [5.41, 5.74) is 6.95. The molecule has 6 nitrogen and oxygen atoms in total. The Labute approximate surface area is 113 Å². The molecule has 0 aliphatic heterocycles. The molecule has 108 valence electrons. The number of nitrogens with one attached hydrogen (secondary N) is 1. The minimum absolute atomic E-state index is 0.106. The molecule has 4 N–H and O–H groups in total. The first-order chi connectivity index (χ1) is 8.90. The molecular weight excluding hydrogens is 268 g/mol. The van der Waals surface area contributed by atoms with Crippen LogP contribution in [0, 0.1) is 6.92 Å². The SMILES string of the molecule is COCC(CCO)NS(=O)(=O)c1ccc(C)c(N)c1. The number of rotatable bonds is 7. The summed E-state index contributed by atoms with van der Waals surface area (Å²) in [5, 5.41) is 8.90. The summed E-state index contributed by atoms with van der Waals surface area (Å²) in [7, 11) is -2.19. The monoisotopic (exact) mass is 288 g/mol. The van der Waals surface area contributed by atoms with Crippen molar-refractivity contribution in [2.75, 3.05) is 26.1 Å². The highest BCUT2D eigenvalue weighted by Crippen LogP contribution is 2.17. The molecule has 1 rings (SSSR count). The van der Waals surface area contributed by atoms with Gasteiger partial charge in [-0.3, -0.25) is 0 Å². The molecule has 0 bridgehead atoms. The fourth-order valence-electron chi connectivity index (χ4n) is 1.61. The van der Waals surface area contributed by atoms with Crippen molar-refractivity contribution >= 4 is 15.7 Å². The summed E-state index contributed by atoms with van der Waals surface area (Å²) in [4.78, 5) is 0.106. The van der Waals surface area contributed by atoms with Crippen molar-refractivity contribution in [3.8, 4) is 0 Å². The number of aliphatic hydroxyl groups excluding tert-OH is 1. The average Bonchev–Trinajstić information content (AvgIpc) is 2.32. The van der Waals surface area contributed by atoms with E-state index in [4.69, 9.17) is 15.6 Å². The van der Waals surface area contributed by atoms with Crippen molar-refractivity contribution in [2.45, 2.75) is 24.3 Å². The van der Waals surface area contributed by atoms with Crippen LogP contribution in [0.15, 0.2) is 23.1 Å². The van der Waals surface area contributed by atoms with Crippen LogP contribution in [0.25, 0.3) is 0 Å². The first-order valence-electron chi connectivity index (χ1n) is 5.89. The maximum atomic E-state index is 12.2. The van der Waals surface area contributed by atoms with E-state index in [9.17, 15) is 8.42 Å². The average molecular weight is 288 g/mol. The third-order valence-electron chi connectivity index (χ3n) is 2.73. The number of sulfonamides is 1. The van der Waals surface area contributed by atoms with Gasteiger partial charge < -0.3 is 15.6 Å². The standard InChI is InChI=1S/C12H20N2O4S/c1-9-3-4-11(7-12(9)13)19(16,17)14-10(5-6-15)8-18-2/h3-4,7,10,14-15H,5-6,8,13H2,1-2H3. The Morgan fingerprint density at radius 3 is 2.68 bits per heavy atom. The number of benzene rings is 1. The fraction of sp³-hybridized carbons (Fsp3) is 0.500. The van der Waals surface area contributed by atoms with Crippen LogP contribution >= 0.6 is 0 Å². The summed E-state index contributed by atoms with van der Waals surface area (Å²) in [6.07, 6.45) is 0.286. The van der Waals surface area contributed by atoms with Gasteiger partial charge >= 0.3 is 0 Å². The van der Waals surface area contributed by atoms with E-state index in [1.807, 2.05) is 0 Å². The quantitative estimate of drug-likeness (QED) is 0.624. The van der Waals surface area contributed by atoms with Gasteiger partial charge in [0, 0.05) is 25.4 Å². The summed E-state index contributed by atoms with van der Waals surface area (Å²) in [6.45, 7) is 1.88. The lowest BCUT2D eigenvalue weighted by Crippen LogP contribution is -2.38. The molecule has 0 amide bonds. The van der Waals surface area contributed by atoms with Gasteiger partial charge in [0.15, 0.2) is 0 Å². The molecule has 0 heterocycles. The summed E-state index contributed by atoms with van der Waals surface area (Å²) < 4.78 is 31.7. The van der Waals surface area contributed by atoms with E-state index >= 15 is 0 Å². The third-order valence-corrected chi connectivity index (χ3v) is 4.25. The molecule has 1 atom stereocenters. The Bertz CT molecular complexity index is 510. The second-order valence-corrected chi connectivity index (χ2v) is 6.02. The molecular formula is C12H20N2O4S. The Hall–Kier alpha value is -1.15. The van der Waals surface area contributed by atoms with E-state index in [0.717, 1.165) is 5.56 Å². The van der Waals surface area contributed by atoms with Crippen LogP contribution in [-0.2, 0) is 14.8 Å². The maximum absolute atomic E-state index is 12.2. The maximum Gasteiger partial charge on any atom is 0.240 e. The van der Waals surface area contributed by atoms with Crippen LogP contribution < -0.4 is 10.5 Å². The lowest BCUT2D eigenvalue weighted by Gasteiger charge is -2.17. The number of methoxy groups -OCH3 is 1. The van der Waals surface area contributed by atoms with Crippen LogP contribution in [0.5, 0.6) is 0 Å². The zero-order chi connectivity index (χ0) is 14.5. The lowest BCUT2D eigenvalue weighted by molar-refractivity contribution is 0.158. The molecule has 0 aromatic heterocycles. The Morgan fingerprint density at radius 1 is 1.47 bits per heavy atom. The zero-order valence-corrected chi connectivity index (χ0v) is 11.9. The largest absolute Gasteiger partial charge is 0.398 e. The van der Waals surface area contributed by atoms with Gasteiger partial charge in [-0.05, 0) is 31.0 Å². The molecule has 0 aliphatic rings. The molecule has 1 aromatic rings. The van der Waals surface area contributed by atoms with Crippen molar-refractivity contribution < 1.29 is 18.3 Å². The van der Waals surface area contributed by atoms with Crippen LogP contribution in [-0.4, -0.2) is 39.9 Å². The smallest absolute Gasteiger partial charge is 0.240 e. The van der Waals surface area contributed by atoms with Crippen LogP contribution in [0.2, 0.25) is 0 Å². The van der Waals surface area contributed by atoms with Gasteiger partial charge in [0.05, 0.1) is 11.5 Å². The van der Waals surface area contributed by atoms with Gasteiger partial charge in [0.25, 0.3) is 0 Å². The van der Waals surface area contributed by atoms with E-state index in [0.29, 0.717) is 5.69 Å². The number of hydrogen-bond acceptors (Lipinski definition) is 5. The molecule has 0 spiro atoms. The Balaban J connectivity index is 2.92. The minimum atomic E-state index is -3.66. The van der Waals surface area contributed by atoms with Crippen molar-refractivity contribution in [2.24, 2.45) is 0 Å². The molecule has 1 aromatic carbocycles. The Morgan fingerprint density at radius 2 is 2.16 bits per heavy atom. The van der Waals surface area contributed by atoms with E-state index in [1.54, 1.807) is 13.0 Å². The number of aryl methyl sites for hydroxylation is 1. The molecule has 7 heteroatoms. The molecule has 19 heavy (non-hydrogen) atoms. The van der Waals surface area contributed by atoms with Crippen molar-refractivity contribution in [3.63, 3.8) is 0 Å². The summed E-state index contributed by atoms with van der Waals surface area (Å²) >= 11 is 0.